The normalized spacial score (nSPS) is 15.1. The largest absolute Gasteiger partial charge is 0.456 e. The number of furan rings is 1. The van der Waals surface area contributed by atoms with Crippen molar-refractivity contribution in [2.24, 2.45) is 0 Å². The van der Waals surface area contributed by atoms with E-state index in [4.69, 9.17) is 16.8 Å². The third-order valence-electron chi connectivity index (χ3n) is 8.60. The number of benzene rings is 7. The first-order valence-corrected chi connectivity index (χ1v) is 14.5. The van der Waals surface area contributed by atoms with Crippen molar-refractivity contribution in [1.82, 2.24) is 9.13 Å². The van der Waals surface area contributed by atoms with E-state index in [0.29, 0.717) is 16.7 Å². The fourth-order valence-electron chi connectivity index (χ4n) is 6.66. The number of fused-ring (bicyclic) bond motifs is 9. The molecule has 3 aromatic heterocycles. The molecule has 0 bridgehead atoms. The summed E-state index contributed by atoms with van der Waals surface area (Å²) < 4.78 is 95.3. The van der Waals surface area contributed by atoms with Crippen molar-refractivity contribution in [2.75, 3.05) is 0 Å². The van der Waals surface area contributed by atoms with Crippen LogP contribution in [-0.2, 0) is 0 Å². The molecule has 0 saturated carbocycles. The van der Waals surface area contributed by atoms with E-state index in [-0.39, 0.29) is 69.9 Å². The van der Waals surface area contributed by atoms with E-state index in [0.717, 1.165) is 43.7 Å². The van der Waals surface area contributed by atoms with Gasteiger partial charge in [0, 0.05) is 43.7 Å². The molecule has 45 heavy (non-hydrogen) atoms. The molecule has 10 aromatic rings. The van der Waals surface area contributed by atoms with Gasteiger partial charge in [-0.15, -0.1) is 0 Å². The Morgan fingerprint density at radius 2 is 1.02 bits per heavy atom. The molecule has 0 aliphatic heterocycles. The summed E-state index contributed by atoms with van der Waals surface area (Å²) >= 11 is 0. The van der Waals surface area contributed by atoms with E-state index >= 15 is 0 Å². The summed E-state index contributed by atoms with van der Waals surface area (Å²) in [6, 6.07) is 28.1. The lowest BCUT2D eigenvalue weighted by Gasteiger charge is -2.09. The summed E-state index contributed by atoms with van der Waals surface area (Å²) in [5.74, 6) is 0. The molecule has 0 N–H and O–H groups in total. The fourth-order valence-corrected chi connectivity index (χ4v) is 6.66. The van der Waals surface area contributed by atoms with Gasteiger partial charge >= 0.3 is 0 Å². The highest BCUT2D eigenvalue weighted by atomic mass is 16.3. The van der Waals surface area contributed by atoms with E-state index in [1.807, 2.05) is 77.4 Å². The van der Waals surface area contributed by atoms with Gasteiger partial charge in [-0.2, -0.15) is 0 Å². The molecule has 0 amide bonds. The summed E-state index contributed by atoms with van der Waals surface area (Å²) in [7, 11) is 0. The first-order valence-electron chi connectivity index (χ1n) is 19.5. The molecule has 210 valence electrons. The number of hydrogen-bond donors (Lipinski definition) is 0. The zero-order chi connectivity index (χ0) is 38.2. The number of rotatable bonds is 3. The van der Waals surface area contributed by atoms with Crippen molar-refractivity contribution < 1.29 is 18.1 Å². The number of para-hydroxylation sites is 4. The smallest absolute Gasteiger partial charge is 0.135 e. The van der Waals surface area contributed by atoms with E-state index in [1.54, 1.807) is 10.6 Å². The van der Waals surface area contributed by atoms with Crippen molar-refractivity contribution in [3.05, 3.63) is 157 Å². The third-order valence-corrected chi connectivity index (χ3v) is 8.60. The molecule has 0 spiro atoms. The van der Waals surface area contributed by atoms with E-state index in [1.165, 1.54) is 6.07 Å². The second-order valence-corrected chi connectivity index (χ2v) is 11.0. The van der Waals surface area contributed by atoms with Crippen LogP contribution in [-0.4, -0.2) is 9.13 Å². The number of aromatic nitrogens is 2. The van der Waals surface area contributed by atoms with Gasteiger partial charge < -0.3 is 13.6 Å². The Morgan fingerprint density at radius 3 is 1.71 bits per heavy atom. The van der Waals surface area contributed by atoms with Crippen molar-refractivity contribution in [3.63, 3.8) is 0 Å². The molecule has 0 fully saturated rings. The molecule has 0 unspecified atom stereocenters. The van der Waals surface area contributed by atoms with Crippen LogP contribution in [0.1, 0.15) is 13.7 Å². The molecule has 0 radical (unpaired) electrons. The van der Waals surface area contributed by atoms with Gasteiger partial charge in [0.15, 0.2) is 0 Å². The average Bonchev–Trinajstić information content (AvgIpc) is 3.86. The quantitative estimate of drug-likeness (QED) is 0.203. The first kappa shape index (κ1) is 16.7. The van der Waals surface area contributed by atoms with Crippen LogP contribution in [0, 0.1) is 0 Å². The summed E-state index contributed by atoms with van der Waals surface area (Å²) in [6.07, 6.45) is 0. The lowest BCUT2D eigenvalue weighted by Crippen LogP contribution is -1.93. The highest BCUT2D eigenvalue weighted by Gasteiger charge is 2.17. The minimum atomic E-state index is -0.444. The average molecular weight is 585 g/mol. The second kappa shape index (κ2) is 9.22. The molecule has 3 heterocycles. The van der Waals surface area contributed by atoms with Gasteiger partial charge in [0.25, 0.3) is 0 Å². The van der Waals surface area contributed by atoms with Gasteiger partial charge in [-0.05, 0) is 83.8 Å². The molecule has 0 aliphatic carbocycles. The monoisotopic (exact) mass is 584 g/mol. The summed E-state index contributed by atoms with van der Waals surface area (Å²) in [4.78, 5) is 0. The Balaban J connectivity index is 1.20. The fraction of sp³-hybridized carbons (Fsp3) is 0. The molecular weight excluding hydrogens is 548 g/mol. The van der Waals surface area contributed by atoms with Crippen LogP contribution in [0.4, 0.5) is 0 Å². The van der Waals surface area contributed by atoms with Crippen LogP contribution in [0.25, 0.3) is 88.1 Å². The molecule has 3 heteroatoms. The van der Waals surface area contributed by atoms with Crippen LogP contribution in [0.15, 0.2) is 162 Å². The zero-order valence-corrected chi connectivity index (χ0v) is 23.5. The van der Waals surface area contributed by atoms with Gasteiger partial charge in [0.2, 0.25) is 0 Å². The maximum Gasteiger partial charge on any atom is 0.135 e. The molecule has 0 atom stereocenters. The standard InChI is InChI=1S/C42H26N2O/c1-2-10-29(11-3-1)43-37-15-7-4-12-31(37)34-24-27(18-21-39(34)43)28-19-22-40-35(25-28)32-13-5-8-16-38(32)44(40)30-20-23-42-36(26-30)33-14-6-9-17-41(33)45-42/h1-26H/i1D,2D,3D,6D,10D,11D,14D,17D,23D,26D. The lowest BCUT2D eigenvalue weighted by molar-refractivity contribution is 0.669. The van der Waals surface area contributed by atoms with Gasteiger partial charge in [-0.3, -0.25) is 0 Å². The molecular formula is C42H26N2O. The molecule has 10 rings (SSSR count). The Morgan fingerprint density at radius 1 is 0.422 bits per heavy atom. The SMILES string of the molecule is [2H]c1cc([2H])c2oc3c([2H])cc(-n4c5ccccc5c5cc(-c6ccc7c(c6)c6ccccc6n7-c6c([2H])c([2H])c([2H])c([2H])c6[2H])ccc54)c([2H])c3c2c1[2H]. The first-order chi connectivity index (χ1) is 26.5. The lowest BCUT2D eigenvalue weighted by atomic mass is 10.0. The van der Waals surface area contributed by atoms with E-state index < -0.39 is 18.1 Å². The van der Waals surface area contributed by atoms with E-state index in [2.05, 4.69) is 12.1 Å². The Hall–Kier alpha value is -6.06. The van der Waals surface area contributed by atoms with Crippen LogP contribution in [0.3, 0.4) is 0 Å². The Bertz CT molecular complexity index is 3310. The molecule has 3 nitrogen and oxygen atoms in total. The Labute approximate surface area is 272 Å². The summed E-state index contributed by atoms with van der Waals surface area (Å²) in [5.41, 5.74) is 5.48. The van der Waals surface area contributed by atoms with Crippen molar-refractivity contribution in [2.45, 2.75) is 0 Å². The number of nitrogens with zero attached hydrogens (tertiary/aromatic N) is 2. The van der Waals surface area contributed by atoms with Gasteiger partial charge in [-0.25, -0.2) is 0 Å². The predicted octanol–water partition coefficient (Wildman–Crippen LogP) is 11.4. The second-order valence-electron chi connectivity index (χ2n) is 11.0. The molecule has 0 aliphatic rings. The van der Waals surface area contributed by atoms with Crippen molar-refractivity contribution in [1.29, 1.82) is 0 Å². The topological polar surface area (TPSA) is 23.0 Å². The molecule has 0 saturated heterocycles. The van der Waals surface area contributed by atoms with Crippen molar-refractivity contribution >= 4 is 65.6 Å². The minimum absolute atomic E-state index is 0.00107. The van der Waals surface area contributed by atoms with Crippen molar-refractivity contribution in [3.8, 4) is 22.5 Å². The highest BCUT2D eigenvalue weighted by molar-refractivity contribution is 6.13. The maximum atomic E-state index is 9.42. The maximum absolute atomic E-state index is 9.42. The Kier molecular flexibility index (Phi) is 3.42. The number of hydrogen-bond acceptors (Lipinski definition) is 1. The predicted molar refractivity (Wildman–Crippen MR) is 188 cm³/mol. The zero-order valence-electron chi connectivity index (χ0n) is 33.5. The van der Waals surface area contributed by atoms with Gasteiger partial charge in [0.1, 0.15) is 11.2 Å². The third kappa shape index (κ3) is 3.52. The van der Waals surface area contributed by atoms with Crippen LogP contribution < -0.4 is 0 Å². The van der Waals surface area contributed by atoms with Crippen LogP contribution >= 0.6 is 0 Å². The van der Waals surface area contributed by atoms with Crippen LogP contribution in [0.5, 0.6) is 0 Å². The summed E-state index contributed by atoms with van der Waals surface area (Å²) in [6.45, 7) is 0. The van der Waals surface area contributed by atoms with E-state index in [9.17, 15) is 1.37 Å². The molecule has 7 aromatic carbocycles. The minimum Gasteiger partial charge on any atom is -0.456 e. The summed E-state index contributed by atoms with van der Waals surface area (Å²) in [5, 5.41) is 3.95. The van der Waals surface area contributed by atoms with Crippen LogP contribution in [0.2, 0.25) is 0 Å². The van der Waals surface area contributed by atoms with Gasteiger partial charge in [0.05, 0.1) is 35.8 Å². The van der Waals surface area contributed by atoms with Gasteiger partial charge in [-0.1, -0.05) is 84.8 Å². The highest BCUT2D eigenvalue weighted by Crippen LogP contribution is 2.39.